The molecule has 0 unspecified atom stereocenters. The zero-order chi connectivity index (χ0) is 16.7. The molecular weight excluding hydrogens is 294 g/mol. The van der Waals surface area contributed by atoms with Gasteiger partial charge in [0.25, 0.3) is 0 Å². The van der Waals surface area contributed by atoms with Crippen LogP contribution in [0.15, 0.2) is 42.5 Å². The van der Waals surface area contributed by atoms with Gasteiger partial charge in [-0.1, -0.05) is 12.1 Å². The molecule has 0 aromatic heterocycles. The molecule has 5 nitrogen and oxygen atoms in total. The average Bonchev–Trinajstić information content (AvgIpc) is 2.55. The molecule has 0 aliphatic carbocycles. The lowest BCUT2D eigenvalue weighted by Crippen LogP contribution is -2.18. The van der Waals surface area contributed by atoms with Crippen LogP contribution >= 0.6 is 0 Å². The van der Waals surface area contributed by atoms with Crippen LogP contribution in [0.2, 0.25) is 0 Å². The molecule has 0 N–H and O–H groups in total. The molecule has 0 aliphatic heterocycles. The predicted molar refractivity (Wildman–Crippen MR) is 84.6 cm³/mol. The number of hydrogen-bond donors (Lipinski definition) is 0. The number of hydrogen-bond acceptors (Lipinski definition) is 5. The third-order valence-electron chi connectivity index (χ3n) is 2.94. The van der Waals surface area contributed by atoms with Crippen molar-refractivity contribution in [3.8, 4) is 23.3 Å². The van der Waals surface area contributed by atoms with Crippen molar-refractivity contribution in [2.45, 2.75) is 13.8 Å². The van der Waals surface area contributed by atoms with E-state index in [0.717, 1.165) is 5.56 Å². The number of carbonyl (C=O) groups is 1. The standard InChI is InChI=1S/C18H17NO4/c1-3-21-17-10-14(11-19)7-8-16(17)23-18(20)12-22-15-6-4-5-13(2)9-15/h4-10H,3,12H2,1-2H3. The van der Waals surface area contributed by atoms with Crippen LogP contribution in [-0.4, -0.2) is 19.2 Å². The monoisotopic (exact) mass is 311 g/mol. The predicted octanol–water partition coefficient (Wildman–Crippen LogP) is 3.25. The number of nitriles is 1. The van der Waals surface area contributed by atoms with E-state index in [1.807, 2.05) is 38.1 Å². The quantitative estimate of drug-likeness (QED) is 0.605. The van der Waals surface area contributed by atoms with Crippen molar-refractivity contribution >= 4 is 5.97 Å². The molecule has 0 aliphatic rings. The summed E-state index contributed by atoms with van der Waals surface area (Å²) in [6.07, 6.45) is 0. The second kappa shape index (κ2) is 7.85. The molecule has 0 saturated carbocycles. The smallest absolute Gasteiger partial charge is 0.349 e. The van der Waals surface area contributed by atoms with Crippen LogP contribution in [0.5, 0.6) is 17.2 Å². The van der Waals surface area contributed by atoms with Crippen molar-refractivity contribution in [1.82, 2.24) is 0 Å². The number of benzene rings is 2. The normalized spacial score (nSPS) is 9.78. The van der Waals surface area contributed by atoms with Gasteiger partial charge in [-0.3, -0.25) is 0 Å². The summed E-state index contributed by atoms with van der Waals surface area (Å²) in [6, 6.07) is 14.0. The average molecular weight is 311 g/mol. The summed E-state index contributed by atoms with van der Waals surface area (Å²) < 4.78 is 16.0. The van der Waals surface area contributed by atoms with E-state index < -0.39 is 5.97 Å². The Morgan fingerprint density at radius 3 is 2.65 bits per heavy atom. The fourth-order valence-corrected chi connectivity index (χ4v) is 1.93. The Kier molecular flexibility index (Phi) is 5.59. The van der Waals surface area contributed by atoms with Gasteiger partial charge in [-0.25, -0.2) is 4.79 Å². The Morgan fingerprint density at radius 2 is 1.96 bits per heavy atom. The highest BCUT2D eigenvalue weighted by molar-refractivity contribution is 5.75. The van der Waals surface area contributed by atoms with E-state index in [0.29, 0.717) is 23.7 Å². The summed E-state index contributed by atoms with van der Waals surface area (Å²) in [4.78, 5) is 11.9. The van der Waals surface area contributed by atoms with Gasteiger partial charge in [0.05, 0.1) is 18.2 Å². The second-order valence-electron chi connectivity index (χ2n) is 4.79. The van der Waals surface area contributed by atoms with Gasteiger partial charge >= 0.3 is 5.97 Å². The summed E-state index contributed by atoms with van der Waals surface area (Å²) >= 11 is 0. The molecule has 2 aromatic rings. The number of esters is 1. The molecule has 0 radical (unpaired) electrons. The first-order valence-corrected chi connectivity index (χ1v) is 7.19. The summed E-state index contributed by atoms with van der Waals surface area (Å²) in [6.45, 7) is 3.94. The minimum atomic E-state index is -0.544. The Bertz CT molecular complexity index is 734. The number of rotatable bonds is 6. The molecule has 2 aromatic carbocycles. The Hall–Kier alpha value is -3.00. The van der Waals surface area contributed by atoms with Gasteiger partial charge in [0.15, 0.2) is 18.1 Å². The summed E-state index contributed by atoms with van der Waals surface area (Å²) in [5.41, 5.74) is 1.48. The van der Waals surface area contributed by atoms with Gasteiger partial charge in [0, 0.05) is 6.07 Å². The number of ether oxygens (including phenoxy) is 3. The number of carbonyl (C=O) groups excluding carboxylic acids is 1. The van der Waals surface area contributed by atoms with E-state index in [1.165, 1.54) is 12.1 Å². The fourth-order valence-electron chi connectivity index (χ4n) is 1.93. The van der Waals surface area contributed by atoms with Gasteiger partial charge in [-0.05, 0) is 43.7 Å². The minimum absolute atomic E-state index is 0.213. The summed E-state index contributed by atoms with van der Waals surface area (Å²) in [5.74, 6) is 0.683. The fraction of sp³-hybridized carbons (Fsp3) is 0.222. The van der Waals surface area contributed by atoms with Crippen molar-refractivity contribution in [3.63, 3.8) is 0 Å². The lowest BCUT2D eigenvalue weighted by Gasteiger charge is -2.11. The first-order valence-electron chi connectivity index (χ1n) is 7.19. The maximum atomic E-state index is 11.9. The highest BCUT2D eigenvalue weighted by atomic mass is 16.6. The molecule has 23 heavy (non-hydrogen) atoms. The maximum Gasteiger partial charge on any atom is 0.349 e. The van der Waals surface area contributed by atoms with Gasteiger partial charge in [-0.15, -0.1) is 0 Å². The molecule has 0 bridgehead atoms. The molecule has 0 saturated heterocycles. The molecule has 0 atom stereocenters. The molecule has 0 spiro atoms. The van der Waals surface area contributed by atoms with E-state index in [4.69, 9.17) is 19.5 Å². The van der Waals surface area contributed by atoms with Crippen LogP contribution < -0.4 is 14.2 Å². The van der Waals surface area contributed by atoms with Gasteiger partial charge in [-0.2, -0.15) is 5.26 Å². The first-order chi connectivity index (χ1) is 11.1. The number of nitrogens with zero attached hydrogens (tertiary/aromatic N) is 1. The largest absolute Gasteiger partial charge is 0.490 e. The first kappa shape index (κ1) is 16.4. The molecule has 2 rings (SSSR count). The highest BCUT2D eigenvalue weighted by Crippen LogP contribution is 2.28. The van der Waals surface area contributed by atoms with Crippen LogP contribution in [0.4, 0.5) is 0 Å². The topological polar surface area (TPSA) is 68.5 Å². The van der Waals surface area contributed by atoms with E-state index in [9.17, 15) is 4.79 Å². The Morgan fingerprint density at radius 1 is 1.13 bits per heavy atom. The molecule has 0 amide bonds. The van der Waals surface area contributed by atoms with Crippen LogP contribution in [0.25, 0.3) is 0 Å². The van der Waals surface area contributed by atoms with E-state index >= 15 is 0 Å². The zero-order valence-electron chi connectivity index (χ0n) is 13.0. The SMILES string of the molecule is CCOc1cc(C#N)ccc1OC(=O)COc1cccc(C)c1. The molecule has 118 valence electrons. The molecule has 0 fully saturated rings. The van der Waals surface area contributed by atoms with Crippen LogP contribution in [0, 0.1) is 18.3 Å². The third kappa shape index (κ3) is 4.75. The van der Waals surface area contributed by atoms with Crippen LogP contribution in [0.3, 0.4) is 0 Å². The summed E-state index contributed by atoms with van der Waals surface area (Å²) in [5, 5.41) is 8.90. The van der Waals surface area contributed by atoms with Gasteiger partial charge < -0.3 is 14.2 Å². The van der Waals surface area contributed by atoms with Crippen molar-refractivity contribution in [1.29, 1.82) is 5.26 Å². The van der Waals surface area contributed by atoms with Crippen molar-refractivity contribution in [3.05, 3.63) is 53.6 Å². The maximum absolute atomic E-state index is 11.9. The lowest BCUT2D eigenvalue weighted by atomic mass is 10.2. The molecule has 0 heterocycles. The van der Waals surface area contributed by atoms with Gasteiger partial charge in [0.1, 0.15) is 5.75 Å². The van der Waals surface area contributed by atoms with Crippen LogP contribution in [-0.2, 0) is 4.79 Å². The van der Waals surface area contributed by atoms with Crippen LogP contribution in [0.1, 0.15) is 18.1 Å². The Labute approximate surface area is 135 Å². The summed E-state index contributed by atoms with van der Waals surface area (Å²) in [7, 11) is 0. The van der Waals surface area contributed by atoms with Gasteiger partial charge in [0.2, 0.25) is 0 Å². The van der Waals surface area contributed by atoms with E-state index in [1.54, 1.807) is 12.1 Å². The zero-order valence-corrected chi connectivity index (χ0v) is 13.0. The lowest BCUT2D eigenvalue weighted by molar-refractivity contribution is -0.136. The third-order valence-corrected chi connectivity index (χ3v) is 2.94. The minimum Gasteiger partial charge on any atom is -0.490 e. The highest BCUT2D eigenvalue weighted by Gasteiger charge is 2.12. The second-order valence-corrected chi connectivity index (χ2v) is 4.79. The Balaban J connectivity index is 2.01. The van der Waals surface area contributed by atoms with E-state index in [-0.39, 0.29) is 12.4 Å². The van der Waals surface area contributed by atoms with Crippen molar-refractivity contribution < 1.29 is 19.0 Å². The van der Waals surface area contributed by atoms with Crippen molar-refractivity contribution in [2.24, 2.45) is 0 Å². The molecular formula is C18H17NO4. The van der Waals surface area contributed by atoms with Crippen molar-refractivity contribution in [2.75, 3.05) is 13.2 Å². The molecule has 5 heteroatoms. The van der Waals surface area contributed by atoms with E-state index in [2.05, 4.69) is 0 Å². The number of aryl methyl sites for hydroxylation is 1.